The Morgan fingerprint density at radius 1 is 1.00 bits per heavy atom. The second-order valence-electron chi connectivity index (χ2n) is 3.84. The SMILES string of the molecule is CN1CCN(c2ccc([NH])cc2)CC1. The normalized spacial score (nSPS) is 18.5. The minimum atomic E-state index is 0.586. The average Bonchev–Trinajstić information content (AvgIpc) is 2.21. The van der Waals surface area contributed by atoms with Gasteiger partial charge in [0.05, 0.1) is 5.69 Å². The van der Waals surface area contributed by atoms with Gasteiger partial charge in [-0.15, -0.1) is 0 Å². The van der Waals surface area contributed by atoms with Crippen molar-refractivity contribution in [2.75, 3.05) is 38.1 Å². The van der Waals surface area contributed by atoms with Crippen molar-refractivity contribution in [2.24, 2.45) is 0 Å². The molecule has 1 saturated heterocycles. The number of piperazine rings is 1. The van der Waals surface area contributed by atoms with Gasteiger partial charge in [0.2, 0.25) is 0 Å². The van der Waals surface area contributed by atoms with E-state index in [9.17, 15) is 0 Å². The summed E-state index contributed by atoms with van der Waals surface area (Å²) in [5.74, 6) is 0. The molecule has 1 aromatic carbocycles. The van der Waals surface area contributed by atoms with Gasteiger partial charge in [0.25, 0.3) is 0 Å². The zero-order chi connectivity index (χ0) is 9.97. The number of hydrogen-bond donors (Lipinski definition) is 0. The van der Waals surface area contributed by atoms with E-state index in [4.69, 9.17) is 5.73 Å². The van der Waals surface area contributed by atoms with Crippen molar-refractivity contribution in [3.8, 4) is 0 Å². The third-order valence-electron chi connectivity index (χ3n) is 2.74. The van der Waals surface area contributed by atoms with E-state index in [2.05, 4.69) is 16.8 Å². The molecule has 2 rings (SSSR count). The Bertz CT molecular complexity index is 286. The van der Waals surface area contributed by atoms with Crippen LogP contribution in [0.4, 0.5) is 11.4 Å². The summed E-state index contributed by atoms with van der Waals surface area (Å²) >= 11 is 0. The van der Waals surface area contributed by atoms with Gasteiger partial charge in [-0.05, 0) is 31.3 Å². The molecule has 0 saturated carbocycles. The van der Waals surface area contributed by atoms with Crippen LogP contribution in [0.3, 0.4) is 0 Å². The van der Waals surface area contributed by atoms with E-state index < -0.39 is 0 Å². The Morgan fingerprint density at radius 2 is 1.57 bits per heavy atom. The summed E-state index contributed by atoms with van der Waals surface area (Å²) in [5, 5.41) is 0. The molecule has 0 amide bonds. The highest BCUT2D eigenvalue weighted by molar-refractivity contribution is 5.52. The van der Waals surface area contributed by atoms with Gasteiger partial charge >= 0.3 is 0 Å². The van der Waals surface area contributed by atoms with Crippen LogP contribution in [0.5, 0.6) is 0 Å². The van der Waals surface area contributed by atoms with E-state index in [-0.39, 0.29) is 0 Å². The lowest BCUT2D eigenvalue weighted by molar-refractivity contribution is 0.313. The summed E-state index contributed by atoms with van der Waals surface area (Å²) in [6.07, 6.45) is 0. The Morgan fingerprint density at radius 3 is 2.14 bits per heavy atom. The Hall–Kier alpha value is -1.22. The Labute approximate surface area is 85.1 Å². The number of benzene rings is 1. The van der Waals surface area contributed by atoms with Crippen LogP contribution in [0, 0.1) is 0 Å². The van der Waals surface area contributed by atoms with Gasteiger partial charge in [0.15, 0.2) is 0 Å². The smallest absolute Gasteiger partial charge is 0.0541 e. The standard InChI is InChI=1S/C11H16N3/c1-13-6-8-14(9-7-13)11-4-2-10(12)3-5-11/h2-5,12H,6-9H2,1H3. The molecule has 0 bridgehead atoms. The first-order chi connectivity index (χ1) is 6.75. The minimum Gasteiger partial charge on any atom is -0.369 e. The van der Waals surface area contributed by atoms with Gasteiger partial charge in [-0.25, -0.2) is 0 Å². The summed E-state index contributed by atoms with van der Waals surface area (Å²) in [5.41, 5.74) is 9.24. The average molecular weight is 190 g/mol. The molecule has 0 aliphatic carbocycles. The van der Waals surface area contributed by atoms with Crippen LogP contribution >= 0.6 is 0 Å². The highest BCUT2D eigenvalue weighted by Crippen LogP contribution is 2.17. The summed E-state index contributed by atoms with van der Waals surface area (Å²) in [6, 6.07) is 7.78. The van der Waals surface area contributed by atoms with Crippen LogP contribution in [-0.4, -0.2) is 38.1 Å². The van der Waals surface area contributed by atoms with E-state index in [0.717, 1.165) is 26.2 Å². The topological polar surface area (TPSA) is 30.3 Å². The molecule has 1 heterocycles. The first kappa shape index (κ1) is 9.34. The molecule has 1 aromatic rings. The van der Waals surface area contributed by atoms with Gasteiger partial charge in [-0.1, -0.05) is 0 Å². The second-order valence-corrected chi connectivity index (χ2v) is 3.84. The summed E-state index contributed by atoms with van der Waals surface area (Å²) in [4.78, 5) is 4.72. The van der Waals surface area contributed by atoms with E-state index in [0.29, 0.717) is 5.69 Å². The highest BCUT2D eigenvalue weighted by Gasteiger charge is 2.13. The lowest BCUT2D eigenvalue weighted by Gasteiger charge is -2.34. The number of nitrogens with zero attached hydrogens (tertiary/aromatic N) is 2. The van der Waals surface area contributed by atoms with Crippen LogP contribution in [0.2, 0.25) is 0 Å². The van der Waals surface area contributed by atoms with Gasteiger partial charge in [-0.3, -0.25) is 0 Å². The first-order valence-corrected chi connectivity index (χ1v) is 5.01. The van der Waals surface area contributed by atoms with E-state index in [1.165, 1.54) is 5.69 Å². The molecule has 0 atom stereocenters. The predicted octanol–water partition coefficient (Wildman–Crippen LogP) is 1.35. The molecular formula is C11H16N3. The molecule has 1 aliphatic rings. The zero-order valence-electron chi connectivity index (χ0n) is 8.53. The molecule has 1 radical (unpaired) electrons. The lowest BCUT2D eigenvalue weighted by atomic mass is 10.2. The monoisotopic (exact) mass is 190 g/mol. The third-order valence-corrected chi connectivity index (χ3v) is 2.74. The van der Waals surface area contributed by atoms with Crippen LogP contribution in [0.15, 0.2) is 24.3 Å². The number of rotatable bonds is 1. The fourth-order valence-electron chi connectivity index (χ4n) is 1.74. The number of likely N-dealkylation sites (N-methyl/N-ethyl adjacent to an activating group) is 1. The quantitative estimate of drug-likeness (QED) is 0.669. The van der Waals surface area contributed by atoms with Crippen LogP contribution < -0.4 is 10.6 Å². The summed E-state index contributed by atoms with van der Waals surface area (Å²) < 4.78 is 0. The molecule has 0 unspecified atom stereocenters. The maximum atomic E-state index is 7.41. The molecule has 0 aromatic heterocycles. The predicted molar refractivity (Wildman–Crippen MR) is 58.9 cm³/mol. The fraction of sp³-hybridized carbons (Fsp3) is 0.455. The van der Waals surface area contributed by atoms with Crippen molar-refractivity contribution in [3.63, 3.8) is 0 Å². The van der Waals surface area contributed by atoms with Crippen LogP contribution in [-0.2, 0) is 0 Å². The molecule has 14 heavy (non-hydrogen) atoms. The van der Waals surface area contributed by atoms with Gasteiger partial charge in [-0.2, -0.15) is 0 Å². The van der Waals surface area contributed by atoms with Crippen molar-refractivity contribution < 1.29 is 0 Å². The number of anilines is 1. The third kappa shape index (κ3) is 1.99. The van der Waals surface area contributed by atoms with Crippen molar-refractivity contribution in [1.29, 1.82) is 0 Å². The molecule has 3 nitrogen and oxygen atoms in total. The van der Waals surface area contributed by atoms with Crippen molar-refractivity contribution in [2.45, 2.75) is 0 Å². The first-order valence-electron chi connectivity index (χ1n) is 5.01. The fourth-order valence-corrected chi connectivity index (χ4v) is 1.74. The molecule has 1 fully saturated rings. The zero-order valence-corrected chi connectivity index (χ0v) is 8.53. The number of hydrogen-bond acceptors (Lipinski definition) is 2. The van der Waals surface area contributed by atoms with Crippen LogP contribution in [0.25, 0.3) is 0 Å². The maximum Gasteiger partial charge on any atom is 0.0541 e. The molecule has 0 spiro atoms. The van der Waals surface area contributed by atoms with E-state index in [1.54, 1.807) is 0 Å². The van der Waals surface area contributed by atoms with Gasteiger partial charge < -0.3 is 15.5 Å². The largest absolute Gasteiger partial charge is 0.369 e. The van der Waals surface area contributed by atoms with Gasteiger partial charge in [0.1, 0.15) is 0 Å². The van der Waals surface area contributed by atoms with Crippen molar-refractivity contribution in [3.05, 3.63) is 24.3 Å². The lowest BCUT2D eigenvalue weighted by Crippen LogP contribution is -2.44. The Kier molecular flexibility index (Phi) is 2.59. The maximum absolute atomic E-state index is 7.41. The van der Waals surface area contributed by atoms with Crippen molar-refractivity contribution >= 4 is 11.4 Å². The summed E-state index contributed by atoms with van der Waals surface area (Å²) in [7, 11) is 2.16. The highest BCUT2D eigenvalue weighted by atomic mass is 15.2. The minimum absolute atomic E-state index is 0.586. The van der Waals surface area contributed by atoms with E-state index >= 15 is 0 Å². The second kappa shape index (κ2) is 3.88. The summed E-state index contributed by atoms with van der Waals surface area (Å²) in [6.45, 7) is 4.44. The molecule has 75 valence electrons. The van der Waals surface area contributed by atoms with Gasteiger partial charge in [0, 0.05) is 31.9 Å². The molecule has 1 N–H and O–H groups in total. The molecule has 3 heteroatoms. The van der Waals surface area contributed by atoms with Crippen molar-refractivity contribution in [1.82, 2.24) is 10.6 Å². The van der Waals surface area contributed by atoms with Crippen LogP contribution in [0.1, 0.15) is 0 Å². The molecular weight excluding hydrogens is 174 g/mol. The molecule has 1 aliphatic heterocycles. The Balaban J connectivity index is 2.05. The number of nitrogens with one attached hydrogen (secondary N) is 1. The van der Waals surface area contributed by atoms with E-state index in [1.807, 2.05) is 24.3 Å².